The Labute approximate surface area is 180 Å². The van der Waals surface area contributed by atoms with Gasteiger partial charge in [0.1, 0.15) is 10.8 Å². The van der Waals surface area contributed by atoms with Crippen LogP contribution in [0.1, 0.15) is 27.7 Å². The first-order chi connectivity index (χ1) is 14.9. The third-order valence-electron chi connectivity index (χ3n) is 4.86. The van der Waals surface area contributed by atoms with Gasteiger partial charge in [0.25, 0.3) is 11.6 Å². The molecule has 1 atom stereocenters. The number of ether oxygens (including phenoxy) is 1. The Kier molecular flexibility index (Phi) is 5.58. The van der Waals surface area contributed by atoms with E-state index in [1.165, 1.54) is 35.6 Å². The topological polar surface area (TPSA) is 128 Å². The van der Waals surface area contributed by atoms with Crippen LogP contribution in [0, 0.1) is 10.1 Å². The van der Waals surface area contributed by atoms with Crippen LogP contribution in [0.2, 0.25) is 0 Å². The van der Waals surface area contributed by atoms with Crippen molar-refractivity contribution in [2.24, 2.45) is 0 Å². The van der Waals surface area contributed by atoms with Gasteiger partial charge in [-0.15, -0.1) is 10.2 Å². The standard InChI is InChI=1S/C20H17N5O5S/c1-30-16-8-6-14(7-9-16)24-11-13(10-17(24)26)19-22-23-20(31-19)21-18(27)12-2-4-15(5-3-12)25(28)29/h2-9,13H,10-11H2,1H3,(H,21,23,27). The van der Waals surface area contributed by atoms with E-state index in [2.05, 4.69) is 15.5 Å². The zero-order valence-electron chi connectivity index (χ0n) is 16.3. The highest BCUT2D eigenvalue weighted by Crippen LogP contribution is 2.34. The zero-order valence-corrected chi connectivity index (χ0v) is 17.2. The predicted molar refractivity (Wildman–Crippen MR) is 114 cm³/mol. The van der Waals surface area contributed by atoms with Crippen molar-refractivity contribution in [3.63, 3.8) is 0 Å². The third-order valence-corrected chi connectivity index (χ3v) is 5.86. The highest BCUT2D eigenvalue weighted by molar-refractivity contribution is 7.15. The van der Waals surface area contributed by atoms with E-state index < -0.39 is 10.8 Å². The van der Waals surface area contributed by atoms with Gasteiger partial charge in [-0.05, 0) is 36.4 Å². The molecule has 1 aliphatic heterocycles. The van der Waals surface area contributed by atoms with E-state index >= 15 is 0 Å². The molecule has 0 aliphatic carbocycles. The summed E-state index contributed by atoms with van der Waals surface area (Å²) in [7, 11) is 1.58. The van der Waals surface area contributed by atoms with Crippen LogP contribution in [0.15, 0.2) is 48.5 Å². The van der Waals surface area contributed by atoms with Gasteiger partial charge in [0.15, 0.2) is 0 Å². The van der Waals surface area contributed by atoms with Gasteiger partial charge in [0, 0.05) is 42.3 Å². The van der Waals surface area contributed by atoms with Gasteiger partial charge in [-0.2, -0.15) is 0 Å². The highest BCUT2D eigenvalue weighted by Gasteiger charge is 2.34. The molecule has 158 valence electrons. The number of amides is 2. The van der Waals surface area contributed by atoms with Crippen molar-refractivity contribution in [3.8, 4) is 5.75 Å². The number of aromatic nitrogens is 2. The molecule has 4 rings (SSSR count). The van der Waals surface area contributed by atoms with Crippen molar-refractivity contribution < 1.29 is 19.2 Å². The Hall–Kier alpha value is -3.86. The molecular formula is C20H17N5O5S. The molecule has 31 heavy (non-hydrogen) atoms. The summed E-state index contributed by atoms with van der Waals surface area (Å²) in [6.45, 7) is 0.468. The highest BCUT2D eigenvalue weighted by atomic mass is 32.1. The number of nitrogens with zero attached hydrogens (tertiary/aromatic N) is 4. The van der Waals surface area contributed by atoms with Crippen LogP contribution in [-0.4, -0.2) is 40.6 Å². The Morgan fingerprint density at radius 1 is 1.19 bits per heavy atom. The minimum atomic E-state index is -0.531. The van der Waals surface area contributed by atoms with Crippen molar-refractivity contribution in [1.82, 2.24) is 10.2 Å². The van der Waals surface area contributed by atoms with E-state index in [1.54, 1.807) is 24.1 Å². The minimum Gasteiger partial charge on any atom is -0.497 e. The third kappa shape index (κ3) is 4.36. The number of non-ortho nitro benzene ring substituents is 1. The predicted octanol–water partition coefficient (Wildman–Crippen LogP) is 3.23. The molecule has 1 aliphatic rings. The monoisotopic (exact) mass is 439 g/mol. The average molecular weight is 439 g/mol. The molecule has 1 fully saturated rings. The van der Waals surface area contributed by atoms with E-state index in [0.717, 1.165) is 5.69 Å². The maximum Gasteiger partial charge on any atom is 0.269 e. The molecule has 0 radical (unpaired) electrons. The molecule has 2 amide bonds. The fourth-order valence-corrected chi connectivity index (χ4v) is 4.07. The van der Waals surface area contributed by atoms with E-state index in [4.69, 9.17) is 4.74 Å². The molecule has 1 aromatic heterocycles. The summed E-state index contributed by atoms with van der Waals surface area (Å²) in [4.78, 5) is 36.7. The molecular weight excluding hydrogens is 422 g/mol. The number of rotatable bonds is 6. The number of anilines is 2. The number of hydrogen-bond donors (Lipinski definition) is 1. The van der Waals surface area contributed by atoms with Gasteiger partial charge in [0.2, 0.25) is 11.0 Å². The average Bonchev–Trinajstić information content (AvgIpc) is 3.40. The number of carbonyl (C=O) groups excluding carboxylic acids is 2. The Balaban J connectivity index is 1.42. The number of nitrogens with one attached hydrogen (secondary N) is 1. The van der Waals surface area contributed by atoms with Gasteiger partial charge >= 0.3 is 0 Å². The van der Waals surface area contributed by atoms with Crippen LogP contribution in [0.3, 0.4) is 0 Å². The first-order valence-corrected chi connectivity index (χ1v) is 10.1. The molecule has 2 aromatic carbocycles. The molecule has 2 heterocycles. The van der Waals surface area contributed by atoms with E-state index in [1.807, 2.05) is 12.1 Å². The van der Waals surface area contributed by atoms with Gasteiger partial charge in [0.05, 0.1) is 12.0 Å². The molecule has 1 saturated heterocycles. The molecule has 0 bridgehead atoms. The first kappa shape index (κ1) is 20.4. The summed E-state index contributed by atoms with van der Waals surface area (Å²) < 4.78 is 5.15. The lowest BCUT2D eigenvalue weighted by atomic mass is 10.1. The zero-order chi connectivity index (χ0) is 22.0. The van der Waals surface area contributed by atoms with Crippen LogP contribution in [0.4, 0.5) is 16.5 Å². The smallest absolute Gasteiger partial charge is 0.269 e. The lowest BCUT2D eigenvalue weighted by Gasteiger charge is -2.16. The lowest BCUT2D eigenvalue weighted by molar-refractivity contribution is -0.384. The molecule has 10 nitrogen and oxygen atoms in total. The summed E-state index contributed by atoms with van der Waals surface area (Å²) in [6, 6.07) is 12.5. The van der Waals surface area contributed by atoms with Crippen LogP contribution in [-0.2, 0) is 4.79 Å². The minimum absolute atomic E-state index is 0.0122. The number of benzene rings is 2. The number of nitro benzene ring substituents is 1. The Bertz CT molecular complexity index is 1130. The van der Waals surface area contributed by atoms with Crippen molar-refractivity contribution >= 4 is 39.7 Å². The van der Waals surface area contributed by atoms with Crippen molar-refractivity contribution in [3.05, 3.63) is 69.2 Å². The SMILES string of the molecule is COc1ccc(N2CC(c3nnc(NC(=O)c4ccc([N+](=O)[O-])cc4)s3)CC2=O)cc1. The Morgan fingerprint density at radius 2 is 1.90 bits per heavy atom. The van der Waals surface area contributed by atoms with Crippen LogP contribution >= 0.6 is 11.3 Å². The maximum atomic E-state index is 12.5. The van der Waals surface area contributed by atoms with Crippen LogP contribution in [0.5, 0.6) is 5.75 Å². The Morgan fingerprint density at radius 3 is 2.55 bits per heavy atom. The second-order valence-corrected chi connectivity index (χ2v) is 7.82. The summed E-state index contributed by atoms with van der Waals surface area (Å²) in [5.74, 6) is 0.128. The van der Waals surface area contributed by atoms with E-state index in [9.17, 15) is 19.7 Å². The van der Waals surface area contributed by atoms with Crippen LogP contribution < -0.4 is 15.0 Å². The van der Waals surface area contributed by atoms with Gasteiger partial charge in [-0.25, -0.2) is 0 Å². The number of nitro groups is 1. The molecule has 1 N–H and O–H groups in total. The van der Waals surface area contributed by atoms with Crippen molar-refractivity contribution in [2.45, 2.75) is 12.3 Å². The second-order valence-electron chi connectivity index (χ2n) is 6.81. The largest absolute Gasteiger partial charge is 0.497 e. The summed E-state index contributed by atoms with van der Waals surface area (Å²) in [5.41, 5.74) is 0.954. The molecule has 0 saturated carbocycles. The summed E-state index contributed by atoms with van der Waals surface area (Å²) in [5, 5.41) is 22.5. The quantitative estimate of drug-likeness (QED) is 0.461. The van der Waals surface area contributed by atoms with Gasteiger partial charge in [-0.3, -0.25) is 25.0 Å². The first-order valence-electron chi connectivity index (χ1n) is 9.28. The molecule has 3 aromatic rings. The van der Waals surface area contributed by atoms with Crippen LogP contribution in [0.25, 0.3) is 0 Å². The van der Waals surface area contributed by atoms with E-state index in [0.29, 0.717) is 28.9 Å². The van der Waals surface area contributed by atoms with Crippen molar-refractivity contribution in [2.75, 3.05) is 23.9 Å². The van der Waals surface area contributed by atoms with Gasteiger partial charge in [-0.1, -0.05) is 11.3 Å². The normalized spacial score (nSPS) is 15.7. The second kappa shape index (κ2) is 8.48. The molecule has 11 heteroatoms. The fourth-order valence-electron chi connectivity index (χ4n) is 3.24. The number of hydrogen-bond acceptors (Lipinski definition) is 8. The number of carbonyl (C=O) groups is 2. The lowest BCUT2D eigenvalue weighted by Crippen LogP contribution is -2.24. The van der Waals surface area contributed by atoms with Crippen molar-refractivity contribution in [1.29, 1.82) is 0 Å². The van der Waals surface area contributed by atoms with E-state index in [-0.39, 0.29) is 23.1 Å². The number of methoxy groups -OCH3 is 1. The molecule has 0 spiro atoms. The fraction of sp³-hybridized carbons (Fsp3) is 0.200. The summed E-state index contributed by atoms with van der Waals surface area (Å²) in [6.07, 6.45) is 0.303. The summed E-state index contributed by atoms with van der Waals surface area (Å²) >= 11 is 1.21. The maximum absolute atomic E-state index is 12.5. The van der Waals surface area contributed by atoms with Gasteiger partial charge < -0.3 is 9.64 Å². The molecule has 1 unspecified atom stereocenters.